The van der Waals surface area contributed by atoms with Crippen LogP contribution in [0.5, 0.6) is 0 Å². The summed E-state index contributed by atoms with van der Waals surface area (Å²) < 4.78 is 0. The van der Waals surface area contributed by atoms with E-state index in [0.29, 0.717) is 5.02 Å². The summed E-state index contributed by atoms with van der Waals surface area (Å²) >= 11 is 5.81. The van der Waals surface area contributed by atoms with Crippen molar-refractivity contribution in [2.75, 3.05) is 25.0 Å². The molecule has 0 aromatic heterocycles. The van der Waals surface area contributed by atoms with Gasteiger partial charge in [-0.05, 0) is 25.0 Å². The molecule has 102 valence electrons. The Morgan fingerprint density at radius 2 is 2.11 bits per heavy atom. The van der Waals surface area contributed by atoms with Gasteiger partial charge in [-0.25, -0.2) is 0 Å². The minimum absolute atomic E-state index is 0.0428. The molecule has 19 heavy (non-hydrogen) atoms. The summed E-state index contributed by atoms with van der Waals surface area (Å²) in [7, 11) is 0. The first-order chi connectivity index (χ1) is 9.08. The molecular weight excluding hydrogens is 270 g/mol. The second-order valence-corrected chi connectivity index (χ2v) is 4.80. The lowest BCUT2D eigenvalue weighted by Crippen LogP contribution is -2.33. The number of anilines is 1. The van der Waals surface area contributed by atoms with Crippen molar-refractivity contribution in [2.24, 2.45) is 0 Å². The van der Waals surface area contributed by atoms with E-state index in [1.165, 1.54) is 18.2 Å². The molecular formula is C12H14ClN3O3. The quantitative estimate of drug-likeness (QED) is 0.679. The Labute approximate surface area is 115 Å². The van der Waals surface area contributed by atoms with Crippen LogP contribution in [0.3, 0.4) is 0 Å². The number of nitro benzene ring substituents is 1. The Hall–Kier alpha value is -1.82. The lowest BCUT2D eigenvalue weighted by molar-refractivity contribution is -0.383. The van der Waals surface area contributed by atoms with Crippen LogP contribution < -0.4 is 5.32 Å². The largest absolute Gasteiger partial charge is 0.371 e. The fourth-order valence-corrected chi connectivity index (χ4v) is 2.23. The first-order valence-electron chi connectivity index (χ1n) is 6.03. The van der Waals surface area contributed by atoms with Crippen LogP contribution in [0, 0.1) is 10.1 Å². The minimum Gasteiger partial charge on any atom is -0.371 e. The van der Waals surface area contributed by atoms with Crippen LogP contribution in [0.2, 0.25) is 5.02 Å². The van der Waals surface area contributed by atoms with E-state index >= 15 is 0 Å². The maximum absolute atomic E-state index is 11.8. The maximum Gasteiger partial charge on any atom is 0.292 e. The summed E-state index contributed by atoms with van der Waals surface area (Å²) in [6, 6.07) is 4.23. The Bertz CT molecular complexity index is 501. The fourth-order valence-electron chi connectivity index (χ4n) is 2.06. The molecule has 0 radical (unpaired) electrons. The van der Waals surface area contributed by atoms with Gasteiger partial charge in [-0.2, -0.15) is 0 Å². The average Bonchev–Trinajstić information content (AvgIpc) is 2.89. The molecule has 6 nitrogen and oxygen atoms in total. The molecule has 0 bridgehead atoms. The van der Waals surface area contributed by atoms with Gasteiger partial charge in [-0.15, -0.1) is 0 Å². The normalized spacial score (nSPS) is 14.5. The van der Waals surface area contributed by atoms with Crippen LogP contribution in [0.4, 0.5) is 11.4 Å². The Kier molecular flexibility index (Phi) is 4.21. The second kappa shape index (κ2) is 5.88. The number of rotatable bonds is 4. The number of benzene rings is 1. The molecule has 1 amide bonds. The van der Waals surface area contributed by atoms with Gasteiger partial charge in [-0.3, -0.25) is 14.9 Å². The molecule has 1 aromatic rings. The van der Waals surface area contributed by atoms with Gasteiger partial charge >= 0.3 is 0 Å². The molecule has 0 atom stereocenters. The number of halogens is 1. The molecule has 1 aliphatic rings. The number of nitrogens with one attached hydrogen (secondary N) is 1. The van der Waals surface area contributed by atoms with Gasteiger partial charge in [0.1, 0.15) is 5.69 Å². The van der Waals surface area contributed by atoms with Crippen molar-refractivity contribution >= 4 is 28.9 Å². The predicted molar refractivity (Wildman–Crippen MR) is 72.4 cm³/mol. The average molecular weight is 284 g/mol. The van der Waals surface area contributed by atoms with Gasteiger partial charge in [0.25, 0.3) is 5.69 Å². The molecule has 1 fully saturated rings. The van der Waals surface area contributed by atoms with Crippen LogP contribution >= 0.6 is 11.6 Å². The highest BCUT2D eigenvalue weighted by Gasteiger charge is 2.19. The highest BCUT2D eigenvalue weighted by atomic mass is 35.5. The summed E-state index contributed by atoms with van der Waals surface area (Å²) in [6.45, 7) is 1.57. The standard InChI is InChI=1S/C12H14ClN3O3/c13-9-3-4-11(16(18)19)10(7-9)14-8-12(17)15-5-1-2-6-15/h3-4,7,14H,1-2,5-6,8H2. The molecule has 0 saturated carbocycles. The van der Waals surface area contributed by atoms with Crippen molar-refractivity contribution in [1.82, 2.24) is 4.90 Å². The Morgan fingerprint density at radius 3 is 2.74 bits per heavy atom. The van der Waals surface area contributed by atoms with Gasteiger partial charge in [0.05, 0.1) is 11.5 Å². The zero-order valence-corrected chi connectivity index (χ0v) is 11.0. The van der Waals surface area contributed by atoms with E-state index in [-0.39, 0.29) is 23.8 Å². The van der Waals surface area contributed by atoms with Crippen molar-refractivity contribution in [3.05, 3.63) is 33.3 Å². The van der Waals surface area contributed by atoms with Gasteiger partial charge in [-0.1, -0.05) is 11.6 Å². The lowest BCUT2D eigenvalue weighted by atomic mass is 10.2. The smallest absolute Gasteiger partial charge is 0.292 e. The predicted octanol–water partition coefficient (Wildman–Crippen LogP) is 2.28. The summed E-state index contributed by atoms with van der Waals surface area (Å²) in [5, 5.41) is 14.0. The topological polar surface area (TPSA) is 75.5 Å². The molecule has 1 saturated heterocycles. The number of carbonyl (C=O) groups is 1. The number of likely N-dealkylation sites (tertiary alicyclic amines) is 1. The van der Waals surface area contributed by atoms with Crippen LogP contribution in [-0.4, -0.2) is 35.4 Å². The fraction of sp³-hybridized carbons (Fsp3) is 0.417. The van der Waals surface area contributed by atoms with Crippen molar-refractivity contribution in [3.63, 3.8) is 0 Å². The van der Waals surface area contributed by atoms with Crippen LogP contribution in [0.15, 0.2) is 18.2 Å². The number of nitro groups is 1. The molecule has 1 aliphatic heterocycles. The molecule has 1 heterocycles. The molecule has 7 heteroatoms. The molecule has 0 spiro atoms. The number of nitrogens with zero attached hydrogens (tertiary/aromatic N) is 2. The number of hydrogen-bond acceptors (Lipinski definition) is 4. The highest BCUT2D eigenvalue weighted by molar-refractivity contribution is 6.31. The minimum atomic E-state index is -0.501. The number of hydrogen-bond donors (Lipinski definition) is 1. The third-order valence-electron chi connectivity index (χ3n) is 3.04. The van der Waals surface area contributed by atoms with E-state index in [0.717, 1.165) is 25.9 Å². The summed E-state index contributed by atoms with van der Waals surface area (Å²) in [5.41, 5.74) is 0.184. The number of amides is 1. The van der Waals surface area contributed by atoms with Crippen molar-refractivity contribution < 1.29 is 9.72 Å². The highest BCUT2D eigenvalue weighted by Crippen LogP contribution is 2.27. The number of carbonyl (C=O) groups excluding carboxylic acids is 1. The lowest BCUT2D eigenvalue weighted by Gasteiger charge is -2.16. The first kappa shape index (κ1) is 13.6. The van der Waals surface area contributed by atoms with Gasteiger partial charge in [0.15, 0.2) is 0 Å². The monoisotopic (exact) mass is 283 g/mol. The van der Waals surface area contributed by atoms with Gasteiger partial charge in [0, 0.05) is 24.2 Å². The van der Waals surface area contributed by atoms with Gasteiger partial charge in [0.2, 0.25) is 5.91 Å². The van der Waals surface area contributed by atoms with Crippen LogP contribution in [0.25, 0.3) is 0 Å². The van der Waals surface area contributed by atoms with E-state index in [4.69, 9.17) is 11.6 Å². The van der Waals surface area contributed by atoms with Crippen LogP contribution in [0.1, 0.15) is 12.8 Å². The maximum atomic E-state index is 11.8. The zero-order valence-electron chi connectivity index (χ0n) is 10.3. The Balaban J connectivity index is 2.04. The summed E-state index contributed by atoms with van der Waals surface area (Å²) in [4.78, 5) is 24.0. The third-order valence-corrected chi connectivity index (χ3v) is 3.28. The van der Waals surface area contributed by atoms with E-state index in [2.05, 4.69) is 5.32 Å². The van der Waals surface area contributed by atoms with Crippen molar-refractivity contribution in [2.45, 2.75) is 12.8 Å². The molecule has 0 unspecified atom stereocenters. The summed E-state index contributed by atoms with van der Waals surface area (Å²) in [6.07, 6.45) is 2.03. The molecule has 1 aromatic carbocycles. The molecule has 2 rings (SSSR count). The van der Waals surface area contributed by atoms with Gasteiger partial charge < -0.3 is 10.2 Å². The van der Waals surface area contributed by atoms with Crippen molar-refractivity contribution in [1.29, 1.82) is 0 Å². The molecule has 1 N–H and O–H groups in total. The molecule has 0 aliphatic carbocycles. The first-order valence-corrected chi connectivity index (χ1v) is 6.41. The van der Waals surface area contributed by atoms with E-state index < -0.39 is 4.92 Å². The second-order valence-electron chi connectivity index (χ2n) is 4.36. The Morgan fingerprint density at radius 1 is 1.42 bits per heavy atom. The zero-order chi connectivity index (χ0) is 13.8. The van der Waals surface area contributed by atoms with E-state index in [1.807, 2.05) is 0 Å². The SMILES string of the molecule is O=C(CNc1cc(Cl)ccc1[N+](=O)[O-])N1CCCC1. The third kappa shape index (κ3) is 3.35. The van der Waals surface area contributed by atoms with E-state index in [9.17, 15) is 14.9 Å². The van der Waals surface area contributed by atoms with Crippen LogP contribution in [-0.2, 0) is 4.79 Å². The van der Waals surface area contributed by atoms with E-state index in [1.54, 1.807) is 4.90 Å². The van der Waals surface area contributed by atoms with Crippen molar-refractivity contribution in [3.8, 4) is 0 Å². The summed E-state index contributed by atoms with van der Waals surface area (Å²) in [5.74, 6) is -0.0493.